The summed E-state index contributed by atoms with van der Waals surface area (Å²) in [6, 6.07) is 14.0. The van der Waals surface area contributed by atoms with Gasteiger partial charge in [0.2, 0.25) is 0 Å². The molecule has 1 aliphatic heterocycles. The number of amides is 1. The second-order valence-electron chi connectivity index (χ2n) is 6.19. The molecule has 8 heteroatoms. The third-order valence-corrected chi connectivity index (χ3v) is 5.45. The zero-order valence-corrected chi connectivity index (χ0v) is 15.1. The highest BCUT2D eigenvalue weighted by Crippen LogP contribution is 2.35. The molecule has 2 aromatic rings. The van der Waals surface area contributed by atoms with Gasteiger partial charge in [-0.2, -0.15) is 5.10 Å². The fraction of sp³-hybridized carbons (Fsp3) is 0.222. The lowest BCUT2D eigenvalue weighted by molar-refractivity contribution is -0.112. The molecule has 0 saturated carbocycles. The van der Waals surface area contributed by atoms with Crippen molar-refractivity contribution in [3.63, 3.8) is 0 Å². The first kappa shape index (κ1) is 18.1. The van der Waals surface area contributed by atoms with Gasteiger partial charge in [0.15, 0.2) is 9.84 Å². The summed E-state index contributed by atoms with van der Waals surface area (Å²) in [5.41, 5.74) is 14.0. The van der Waals surface area contributed by atoms with E-state index in [0.29, 0.717) is 18.7 Å². The van der Waals surface area contributed by atoms with Crippen LogP contribution in [-0.2, 0) is 21.2 Å². The van der Waals surface area contributed by atoms with Crippen LogP contribution in [0.2, 0.25) is 0 Å². The highest BCUT2D eigenvalue weighted by atomic mass is 32.2. The number of hydrogen-bond donors (Lipinski definition) is 2. The van der Waals surface area contributed by atoms with Crippen molar-refractivity contribution >= 4 is 27.1 Å². The molecule has 2 aromatic carbocycles. The van der Waals surface area contributed by atoms with Gasteiger partial charge >= 0.3 is 0 Å². The zero-order chi connectivity index (χ0) is 18.9. The highest BCUT2D eigenvalue weighted by Gasteiger charge is 2.31. The van der Waals surface area contributed by atoms with Crippen molar-refractivity contribution in [2.45, 2.75) is 23.9 Å². The summed E-state index contributed by atoms with van der Waals surface area (Å²) in [6.45, 7) is 0.449. The first-order chi connectivity index (χ1) is 12.3. The van der Waals surface area contributed by atoms with Gasteiger partial charge in [-0.3, -0.25) is 9.80 Å². The minimum atomic E-state index is -3.28. The average Bonchev–Trinajstić information content (AvgIpc) is 3.07. The summed E-state index contributed by atoms with van der Waals surface area (Å²) in [5.74, 6) is -0.566. The van der Waals surface area contributed by atoms with Crippen LogP contribution in [0.5, 0.6) is 0 Å². The van der Waals surface area contributed by atoms with Crippen LogP contribution in [-0.4, -0.2) is 26.3 Å². The Kier molecular flexibility index (Phi) is 4.80. The van der Waals surface area contributed by atoms with E-state index in [1.165, 1.54) is 12.1 Å². The third kappa shape index (κ3) is 3.61. The summed E-state index contributed by atoms with van der Waals surface area (Å²) < 4.78 is 23.3. The Hall–Kier alpha value is -2.71. The maximum atomic E-state index is 11.6. The number of nitrogens with two attached hydrogens (primary N) is 2. The average molecular weight is 372 g/mol. The monoisotopic (exact) mass is 372 g/mol. The minimum absolute atomic E-state index is 0.201. The van der Waals surface area contributed by atoms with E-state index >= 15 is 0 Å². The number of sulfone groups is 1. The molecule has 1 aliphatic rings. The van der Waals surface area contributed by atoms with Crippen molar-refractivity contribution in [3.05, 3.63) is 59.7 Å². The maximum absolute atomic E-state index is 11.6. The summed E-state index contributed by atoms with van der Waals surface area (Å²) in [6.07, 6.45) is 1.54. The van der Waals surface area contributed by atoms with Crippen LogP contribution < -0.4 is 16.5 Å². The van der Waals surface area contributed by atoms with Gasteiger partial charge in [0.1, 0.15) is 5.71 Å². The molecule has 7 nitrogen and oxygen atoms in total. The quantitative estimate of drug-likeness (QED) is 0.821. The maximum Gasteiger partial charge on any atom is 0.265 e. The van der Waals surface area contributed by atoms with Crippen molar-refractivity contribution in [2.24, 2.45) is 16.6 Å². The first-order valence-electron chi connectivity index (χ1n) is 8.05. The molecule has 0 saturated heterocycles. The van der Waals surface area contributed by atoms with Gasteiger partial charge in [0.25, 0.3) is 5.91 Å². The van der Waals surface area contributed by atoms with E-state index in [1.807, 2.05) is 24.3 Å². The molecule has 1 heterocycles. The number of carbonyl (C=O) groups is 1. The van der Waals surface area contributed by atoms with Gasteiger partial charge in [-0.05, 0) is 35.4 Å². The molecule has 0 radical (unpaired) electrons. The van der Waals surface area contributed by atoms with E-state index in [2.05, 4.69) is 5.10 Å². The van der Waals surface area contributed by atoms with Gasteiger partial charge < -0.3 is 11.5 Å². The summed E-state index contributed by atoms with van der Waals surface area (Å²) >= 11 is 0. The Bertz CT molecular complexity index is 951. The van der Waals surface area contributed by atoms with Gasteiger partial charge in [-0.15, -0.1) is 0 Å². The fourth-order valence-electron chi connectivity index (χ4n) is 2.88. The van der Waals surface area contributed by atoms with Crippen LogP contribution in [0.25, 0.3) is 0 Å². The number of carbonyl (C=O) groups excluding carboxylic acids is 1. The fourth-order valence-corrected chi connectivity index (χ4v) is 3.51. The number of anilines is 1. The van der Waals surface area contributed by atoms with Gasteiger partial charge in [0, 0.05) is 19.2 Å². The zero-order valence-electron chi connectivity index (χ0n) is 14.3. The SMILES string of the molecule is CS(=O)(=O)c1ccc(N2N=C(C(N)=O)CC2c2ccc(CN)cc2)cc1. The van der Waals surface area contributed by atoms with Crippen molar-refractivity contribution < 1.29 is 13.2 Å². The Morgan fingerprint density at radius 1 is 1.15 bits per heavy atom. The van der Waals surface area contributed by atoms with Crippen molar-refractivity contribution in [2.75, 3.05) is 11.3 Å². The molecular weight excluding hydrogens is 352 g/mol. The highest BCUT2D eigenvalue weighted by molar-refractivity contribution is 7.90. The van der Waals surface area contributed by atoms with Gasteiger partial charge in [-0.25, -0.2) is 8.42 Å². The lowest BCUT2D eigenvalue weighted by Crippen LogP contribution is -2.22. The van der Waals surface area contributed by atoms with E-state index in [-0.39, 0.29) is 16.6 Å². The number of hydrazone groups is 1. The van der Waals surface area contributed by atoms with Gasteiger partial charge in [0.05, 0.1) is 16.6 Å². The predicted molar refractivity (Wildman–Crippen MR) is 100 cm³/mol. The molecule has 136 valence electrons. The van der Waals surface area contributed by atoms with Crippen LogP contribution in [0, 0.1) is 0 Å². The van der Waals surface area contributed by atoms with Crippen LogP contribution >= 0.6 is 0 Å². The number of benzene rings is 2. The van der Waals surface area contributed by atoms with Gasteiger partial charge in [-0.1, -0.05) is 24.3 Å². The van der Waals surface area contributed by atoms with E-state index in [0.717, 1.165) is 17.4 Å². The first-order valence-corrected chi connectivity index (χ1v) is 9.94. The Labute approximate surface area is 152 Å². The van der Waals surface area contributed by atoms with Crippen LogP contribution in [0.15, 0.2) is 58.5 Å². The topological polar surface area (TPSA) is 119 Å². The molecule has 0 aliphatic carbocycles. The van der Waals surface area contributed by atoms with Crippen LogP contribution in [0.4, 0.5) is 5.69 Å². The van der Waals surface area contributed by atoms with E-state index in [9.17, 15) is 13.2 Å². The number of rotatable bonds is 5. The molecule has 0 spiro atoms. The molecule has 0 aromatic heterocycles. The molecule has 1 atom stereocenters. The van der Waals surface area contributed by atoms with Crippen molar-refractivity contribution in [3.8, 4) is 0 Å². The van der Waals surface area contributed by atoms with E-state index in [1.54, 1.807) is 17.1 Å². The lowest BCUT2D eigenvalue weighted by atomic mass is 10.00. The number of nitrogens with zero attached hydrogens (tertiary/aromatic N) is 2. The Morgan fingerprint density at radius 3 is 2.27 bits per heavy atom. The Balaban J connectivity index is 1.98. The molecule has 4 N–H and O–H groups in total. The number of primary amides is 1. The second-order valence-corrected chi connectivity index (χ2v) is 8.20. The second kappa shape index (κ2) is 6.89. The number of hydrogen-bond acceptors (Lipinski definition) is 6. The summed E-state index contributed by atoms with van der Waals surface area (Å²) in [5, 5.41) is 6.05. The molecule has 3 rings (SSSR count). The molecule has 0 fully saturated rings. The molecule has 26 heavy (non-hydrogen) atoms. The standard InChI is InChI=1S/C18H20N4O3S/c1-26(24,25)15-8-6-14(7-9-15)22-17(10-16(21-22)18(20)23)13-4-2-12(11-19)3-5-13/h2-9,17H,10-11,19H2,1H3,(H2,20,23). The Morgan fingerprint density at radius 2 is 1.77 bits per heavy atom. The minimum Gasteiger partial charge on any atom is -0.364 e. The lowest BCUT2D eigenvalue weighted by Gasteiger charge is -2.24. The van der Waals surface area contributed by atoms with Crippen molar-refractivity contribution in [1.82, 2.24) is 0 Å². The smallest absolute Gasteiger partial charge is 0.265 e. The largest absolute Gasteiger partial charge is 0.364 e. The predicted octanol–water partition coefficient (Wildman–Crippen LogP) is 1.34. The van der Waals surface area contributed by atoms with Crippen LogP contribution in [0.1, 0.15) is 23.6 Å². The summed E-state index contributed by atoms with van der Waals surface area (Å²) in [7, 11) is -3.28. The normalized spacial score (nSPS) is 17.2. The molecule has 1 unspecified atom stereocenters. The van der Waals surface area contributed by atoms with Crippen molar-refractivity contribution in [1.29, 1.82) is 0 Å². The van der Waals surface area contributed by atoms with E-state index < -0.39 is 15.7 Å². The summed E-state index contributed by atoms with van der Waals surface area (Å²) in [4.78, 5) is 11.8. The third-order valence-electron chi connectivity index (χ3n) is 4.32. The van der Waals surface area contributed by atoms with Crippen LogP contribution in [0.3, 0.4) is 0 Å². The molecule has 1 amide bonds. The molecule has 0 bridgehead atoms. The van der Waals surface area contributed by atoms with E-state index in [4.69, 9.17) is 11.5 Å². The molecular formula is C18H20N4O3S.